The summed E-state index contributed by atoms with van der Waals surface area (Å²) in [5.74, 6) is -2.89. The lowest BCUT2D eigenvalue weighted by Gasteiger charge is -2.48. The molecule has 0 saturated carbocycles. The Morgan fingerprint density at radius 3 is 2.58 bits per heavy atom. The molecule has 2 unspecified atom stereocenters. The van der Waals surface area contributed by atoms with E-state index in [1.54, 1.807) is 6.07 Å². The van der Waals surface area contributed by atoms with Crippen LogP contribution >= 0.6 is 0 Å². The number of aliphatic hydroxyl groups is 1. The van der Waals surface area contributed by atoms with Crippen LogP contribution in [0.2, 0.25) is 0 Å². The zero-order valence-corrected chi connectivity index (χ0v) is 26.4. The molecule has 2 amide bonds. The summed E-state index contributed by atoms with van der Waals surface area (Å²) in [4.78, 5) is 27.9. The van der Waals surface area contributed by atoms with Crippen LogP contribution in [0.4, 0.5) is 18.9 Å². The molecule has 17 heteroatoms. The first-order valence-corrected chi connectivity index (χ1v) is 15.8. The van der Waals surface area contributed by atoms with E-state index in [4.69, 9.17) is 14.2 Å². The number of carbonyl (C=O) groups is 2. The van der Waals surface area contributed by atoms with Crippen LogP contribution in [0.25, 0.3) is 0 Å². The zero-order chi connectivity index (χ0) is 34.8. The van der Waals surface area contributed by atoms with E-state index in [-0.39, 0.29) is 59.4 Å². The van der Waals surface area contributed by atoms with Gasteiger partial charge in [-0.25, -0.2) is 8.42 Å². The van der Waals surface area contributed by atoms with Gasteiger partial charge in [0.05, 0.1) is 42.6 Å². The largest absolute Gasteiger partial charge is 0.573 e. The minimum Gasteiger partial charge on any atom is -0.497 e. The van der Waals surface area contributed by atoms with E-state index in [9.17, 15) is 36.8 Å². The van der Waals surface area contributed by atoms with Gasteiger partial charge in [0.25, 0.3) is 15.9 Å². The summed E-state index contributed by atoms with van der Waals surface area (Å²) < 4.78 is 90.2. The van der Waals surface area contributed by atoms with Gasteiger partial charge in [-0.05, 0) is 42.5 Å². The maximum atomic E-state index is 15.4. The van der Waals surface area contributed by atoms with Crippen LogP contribution in [0.15, 0.2) is 59.5 Å². The maximum Gasteiger partial charge on any atom is 0.573 e. The van der Waals surface area contributed by atoms with Gasteiger partial charge < -0.3 is 29.4 Å². The quantitative estimate of drug-likeness (QED) is 0.353. The Morgan fingerprint density at radius 2 is 1.92 bits per heavy atom. The minimum atomic E-state index is -5.33. The van der Waals surface area contributed by atoms with Crippen molar-refractivity contribution in [3.8, 4) is 29.1 Å². The monoisotopic (exact) mass is 689 g/mol. The van der Waals surface area contributed by atoms with Crippen LogP contribution in [-0.4, -0.2) is 82.9 Å². The maximum absolute atomic E-state index is 15.4. The van der Waals surface area contributed by atoms with Gasteiger partial charge in [-0.15, -0.1) is 13.2 Å². The summed E-state index contributed by atoms with van der Waals surface area (Å²) in [6, 6.07) is 11.7. The fourth-order valence-electron chi connectivity index (χ4n) is 7.09. The van der Waals surface area contributed by atoms with Crippen LogP contribution in [-0.2, 0) is 25.2 Å². The zero-order valence-electron chi connectivity index (χ0n) is 25.6. The van der Waals surface area contributed by atoms with Crippen molar-refractivity contribution in [2.75, 3.05) is 38.8 Å². The lowest BCUT2D eigenvalue weighted by atomic mass is 9.78. The second-order valence-electron chi connectivity index (χ2n) is 11.5. The van der Waals surface area contributed by atoms with E-state index >= 15 is 4.79 Å². The number of amides is 2. The number of ether oxygens (including phenoxy) is 4. The summed E-state index contributed by atoms with van der Waals surface area (Å²) >= 11 is 0. The van der Waals surface area contributed by atoms with Crippen molar-refractivity contribution in [3.63, 3.8) is 0 Å². The first kappa shape index (κ1) is 32.9. The van der Waals surface area contributed by atoms with Gasteiger partial charge in [0, 0.05) is 19.5 Å². The molecule has 1 saturated heterocycles. The van der Waals surface area contributed by atoms with Crippen molar-refractivity contribution in [1.82, 2.24) is 5.32 Å². The van der Waals surface area contributed by atoms with Crippen LogP contribution < -0.4 is 28.6 Å². The Morgan fingerprint density at radius 1 is 1.17 bits per heavy atom. The van der Waals surface area contributed by atoms with Crippen molar-refractivity contribution >= 4 is 27.5 Å². The number of benzene rings is 3. The van der Waals surface area contributed by atoms with Gasteiger partial charge in [0.1, 0.15) is 23.3 Å². The number of quaternary nitrogens is 1. The predicted octanol–water partition coefficient (Wildman–Crippen LogP) is 2.50. The first-order chi connectivity index (χ1) is 22.6. The lowest BCUT2D eigenvalue weighted by Crippen LogP contribution is -2.69. The van der Waals surface area contributed by atoms with Crippen molar-refractivity contribution in [2.24, 2.45) is 0 Å². The summed E-state index contributed by atoms with van der Waals surface area (Å²) in [5, 5.41) is 23.5. The van der Waals surface area contributed by atoms with Gasteiger partial charge in [0.15, 0.2) is 23.3 Å². The Bertz CT molecular complexity index is 2000. The van der Waals surface area contributed by atoms with Crippen molar-refractivity contribution in [2.45, 2.75) is 35.4 Å². The van der Waals surface area contributed by atoms with Crippen molar-refractivity contribution in [3.05, 3.63) is 71.3 Å². The fraction of sp³-hybridized carbons (Fsp3) is 0.323. The average molecular weight is 690 g/mol. The highest BCUT2D eigenvalue weighted by molar-refractivity contribution is 7.93. The van der Waals surface area contributed by atoms with E-state index < -0.39 is 61.0 Å². The SMILES string of the molecule is CNC(=O)[C@@H]1C[C@@H](O)C[N+]1(C)C1(c2cccc3c2OCO3)C(=O)N(S(=O)(=O)c2ccc(OC)cc2OC(F)(F)F)c2ccc(C#N)cc21. The molecule has 0 spiro atoms. The summed E-state index contributed by atoms with van der Waals surface area (Å²) in [6.45, 7) is -0.525. The molecular weight excluding hydrogens is 661 g/mol. The third-order valence-corrected chi connectivity index (χ3v) is 10.7. The van der Waals surface area contributed by atoms with E-state index in [0.717, 1.165) is 25.3 Å². The molecule has 252 valence electrons. The number of nitrogens with zero attached hydrogens (tertiary/aromatic N) is 3. The molecule has 1 fully saturated rings. The number of hydrogen-bond acceptors (Lipinski definition) is 10. The first-order valence-electron chi connectivity index (χ1n) is 14.4. The number of nitrogens with one attached hydrogen (secondary N) is 1. The van der Waals surface area contributed by atoms with E-state index in [1.165, 1.54) is 44.4 Å². The van der Waals surface area contributed by atoms with Gasteiger partial charge in [-0.2, -0.15) is 9.57 Å². The topological polar surface area (TPSA) is 164 Å². The standard InChI is InChI=1S/C31H27F3N4O9S/c1-36-28(40)23-12-18(39)15-38(23,2)30(20-5-4-6-24-27(20)46-16-45-24)21-11-17(14-35)7-9-22(21)37(29(30)41)48(42,43)26-10-8-19(44-3)13-25(26)47-31(32,33)34/h4-11,13,18,23,39H,12,15-16H2,1-3H3/p+1/t18-,23+,30?,38?/m1/s1. The molecule has 6 rings (SSSR count). The third kappa shape index (κ3) is 4.70. The molecule has 0 radical (unpaired) electrons. The molecule has 3 aromatic rings. The number of aliphatic hydroxyl groups excluding tert-OH is 1. The van der Waals surface area contributed by atoms with Gasteiger partial charge in [0.2, 0.25) is 12.3 Å². The molecule has 0 aromatic heterocycles. The molecule has 2 N–H and O–H groups in total. The molecule has 0 aliphatic carbocycles. The minimum absolute atomic E-state index is 0.00305. The summed E-state index contributed by atoms with van der Waals surface area (Å²) in [7, 11) is -1.27. The van der Waals surface area contributed by atoms with E-state index in [1.807, 2.05) is 6.07 Å². The fourth-order valence-corrected chi connectivity index (χ4v) is 8.65. The number of anilines is 1. The number of nitriles is 1. The highest BCUT2D eigenvalue weighted by Gasteiger charge is 2.72. The van der Waals surface area contributed by atoms with Gasteiger partial charge >= 0.3 is 12.3 Å². The normalized spacial score (nSPS) is 24.6. The second-order valence-corrected chi connectivity index (χ2v) is 13.3. The van der Waals surface area contributed by atoms with Crippen LogP contribution in [0.5, 0.6) is 23.0 Å². The van der Waals surface area contributed by atoms with Gasteiger partial charge in [-0.3, -0.25) is 14.1 Å². The number of fused-ring (bicyclic) bond motifs is 2. The number of sulfonamides is 1. The summed E-state index contributed by atoms with van der Waals surface area (Å²) in [6.07, 6.45) is -6.63. The molecule has 3 aliphatic rings. The number of carbonyl (C=O) groups excluding carboxylic acids is 2. The van der Waals surface area contributed by atoms with Crippen molar-refractivity contribution < 1.29 is 59.7 Å². The molecule has 48 heavy (non-hydrogen) atoms. The van der Waals surface area contributed by atoms with Gasteiger partial charge in [-0.1, -0.05) is 6.07 Å². The Kier molecular flexibility index (Phi) is 7.73. The second kappa shape index (κ2) is 11.3. The van der Waals surface area contributed by atoms with Crippen molar-refractivity contribution in [1.29, 1.82) is 5.26 Å². The lowest BCUT2D eigenvalue weighted by molar-refractivity contribution is -0.953. The number of halogens is 3. The number of likely N-dealkylation sites (N-methyl/N-ethyl adjacent to an activating group) is 2. The van der Waals surface area contributed by atoms with Crippen LogP contribution in [0.3, 0.4) is 0 Å². The van der Waals surface area contributed by atoms with E-state index in [2.05, 4.69) is 10.1 Å². The highest BCUT2D eigenvalue weighted by Crippen LogP contribution is 2.59. The Balaban J connectivity index is 1.72. The number of rotatable bonds is 7. The smallest absolute Gasteiger partial charge is 0.497 e. The molecular formula is C31H28F3N4O9S+. The molecule has 13 nitrogen and oxygen atoms in total. The molecule has 3 aliphatic heterocycles. The molecule has 3 heterocycles. The number of likely N-dealkylation sites (tertiary alicyclic amines) is 1. The predicted molar refractivity (Wildman–Crippen MR) is 158 cm³/mol. The van der Waals surface area contributed by atoms with E-state index in [0.29, 0.717) is 4.31 Å². The number of methoxy groups -OCH3 is 1. The van der Waals surface area contributed by atoms with Crippen LogP contribution in [0, 0.1) is 11.3 Å². The van der Waals surface area contributed by atoms with Crippen LogP contribution in [0.1, 0.15) is 23.1 Å². The third-order valence-electron chi connectivity index (χ3n) is 9.00. The average Bonchev–Trinajstić information content (AvgIpc) is 3.71. The molecule has 4 atom stereocenters. The summed E-state index contributed by atoms with van der Waals surface area (Å²) in [5.41, 5.74) is -2.58. The number of alkyl halides is 3. The number of para-hydroxylation sites is 1. The highest BCUT2D eigenvalue weighted by atomic mass is 32.2. The Hall–Kier alpha value is -5.05. The molecule has 3 aromatic carbocycles. The Labute approximate surface area is 272 Å². The molecule has 0 bridgehead atoms. The number of hydrogen-bond donors (Lipinski definition) is 2.